The lowest BCUT2D eigenvalue weighted by Gasteiger charge is -2.40. The van der Waals surface area contributed by atoms with Crippen LogP contribution in [-0.4, -0.2) is 49.4 Å². The zero-order valence-electron chi connectivity index (χ0n) is 19.2. The number of aliphatic hydroxyl groups is 1. The van der Waals surface area contributed by atoms with Gasteiger partial charge in [-0.1, -0.05) is 17.7 Å². The van der Waals surface area contributed by atoms with Crippen molar-refractivity contribution in [2.24, 2.45) is 0 Å². The van der Waals surface area contributed by atoms with E-state index in [1.165, 1.54) is 37.7 Å². The highest BCUT2D eigenvalue weighted by Crippen LogP contribution is 2.49. The summed E-state index contributed by atoms with van der Waals surface area (Å²) < 4.78 is 46.5. The van der Waals surface area contributed by atoms with E-state index in [4.69, 9.17) is 25.8 Å². The number of halogens is 3. The number of nitrogens with zero attached hydrogens (tertiary/aromatic N) is 3. The van der Waals surface area contributed by atoms with Crippen LogP contribution < -0.4 is 0 Å². The molecule has 12 heteroatoms. The van der Waals surface area contributed by atoms with Crippen LogP contribution in [-0.2, 0) is 29.4 Å². The van der Waals surface area contributed by atoms with E-state index < -0.39 is 53.2 Å². The molecule has 1 aliphatic rings. The van der Waals surface area contributed by atoms with E-state index in [0.717, 1.165) is 19.1 Å². The highest BCUT2D eigenvalue weighted by atomic mass is 35.5. The van der Waals surface area contributed by atoms with E-state index in [2.05, 4.69) is 9.97 Å². The van der Waals surface area contributed by atoms with Gasteiger partial charge in [0.05, 0.1) is 5.39 Å². The number of rotatable bonds is 5. The van der Waals surface area contributed by atoms with Crippen LogP contribution in [0.4, 0.5) is 8.78 Å². The lowest BCUT2D eigenvalue weighted by atomic mass is 9.79. The van der Waals surface area contributed by atoms with Gasteiger partial charge in [0.25, 0.3) is 0 Å². The SMILES string of the molecule is CC(=O)O[C@H]1[C@H](n2ccc3c(Cl)ncnc32)O[C@H]([C@](C)(O)c2ccc(F)c(F)c2)[C@@]1(C)OC(C)=O. The van der Waals surface area contributed by atoms with Crippen LogP contribution in [0.2, 0.25) is 5.15 Å². The van der Waals surface area contributed by atoms with Crippen LogP contribution in [0, 0.1) is 11.6 Å². The number of benzene rings is 1. The molecular weight excluding hydrogens is 488 g/mol. The number of carbonyl (C=O) groups is 2. The first-order valence-electron chi connectivity index (χ1n) is 10.5. The topological polar surface area (TPSA) is 113 Å². The van der Waals surface area contributed by atoms with Gasteiger partial charge in [0.2, 0.25) is 0 Å². The summed E-state index contributed by atoms with van der Waals surface area (Å²) in [6.45, 7) is 5.03. The van der Waals surface area contributed by atoms with Gasteiger partial charge in [0.15, 0.2) is 29.6 Å². The molecule has 9 nitrogen and oxygen atoms in total. The second-order valence-corrected chi connectivity index (χ2v) is 8.97. The van der Waals surface area contributed by atoms with E-state index in [1.807, 2.05) is 0 Å². The van der Waals surface area contributed by atoms with Crippen LogP contribution >= 0.6 is 11.6 Å². The van der Waals surface area contributed by atoms with Crippen LogP contribution in [0.1, 0.15) is 39.5 Å². The summed E-state index contributed by atoms with van der Waals surface area (Å²) in [6, 6.07) is 4.48. The van der Waals surface area contributed by atoms with Crippen molar-refractivity contribution in [1.29, 1.82) is 0 Å². The maximum atomic E-state index is 14.0. The molecule has 2 aromatic heterocycles. The third-order valence-corrected chi connectivity index (χ3v) is 6.33. The van der Waals surface area contributed by atoms with E-state index >= 15 is 0 Å². The Hall–Kier alpha value is -3.15. The number of fused-ring (bicyclic) bond motifs is 1. The molecule has 3 heterocycles. The molecule has 0 radical (unpaired) electrons. The maximum absolute atomic E-state index is 14.0. The average molecular weight is 510 g/mol. The third-order valence-electron chi connectivity index (χ3n) is 6.03. The average Bonchev–Trinajstić information content (AvgIpc) is 3.30. The monoisotopic (exact) mass is 509 g/mol. The Morgan fingerprint density at radius 2 is 1.91 bits per heavy atom. The van der Waals surface area contributed by atoms with Gasteiger partial charge < -0.3 is 23.9 Å². The highest BCUT2D eigenvalue weighted by molar-refractivity contribution is 6.33. The Morgan fingerprint density at radius 1 is 1.20 bits per heavy atom. The molecule has 4 rings (SSSR count). The summed E-state index contributed by atoms with van der Waals surface area (Å²) >= 11 is 6.17. The van der Waals surface area contributed by atoms with Crippen molar-refractivity contribution in [3.63, 3.8) is 0 Å². The number of hydrogen-bond donors (Lipinski definition) is 1. The van der Waals surface area contributed by atoms with E-state index in [1.54, 1.807) is 12.3 Å². The predicted molar refractivity (Wildman–Crippen MR) is 118 cm³/mol. The fourth-order valence-electron chi connectivity index (χ4n) is 4.56. The van der Waals surface area contributed by atoms with Gasteiger partial charge in [-0.25, -0.2) is 18.7 Å². The zero-order chi connectivity index (χ0) is 25.7. The van der Waals surface area contributed by atoms with Gasteiger partial charge in [0.1, 0.15) is 28.8 Å². The fraction of sp³-hybridized carbons (Fsp3) is 0.391. The van der Waals surface area contributed by atoms with Gasteiger partial charge in [-0.2, -0.15) is 0 Å². The van der Waals surface area contributed by atoms with Crippen LogP contribution in [0.3, 0.4) is 0 Å². The van der Waals surface area contributed by atoms with Crippen molar-refractivity contribution in [2.45, 2.75) is 57.3 Å². The molecular formula is C23H22ClF2N3O6. The Balaban J connectivity index is 1.90. The predicted octanol–water partition coefficient (Wildman–Crippen LogP) is 3.42. The minimum Gasteiger partial charge on any atom is -0.453 e. The molecule has 186 valence electrons. The minimum absolute atomic E-state index is 0.0512. The Labute approximate surface area is 203 Å². The first-order valence-corrected chi connectivity index (χ1v) is 10.9. The molecule has 1 N–H and O–H groups in total. The van der Waals surface area contributed by atoms with Crippen LogP contribution in [0.15, 0.2) is 36.8 Å². The van der Waals surface area contributed by atoms with Crippen molar-refractivity contribution in [2.75, 3.05) is 0 Å². The van der Waals surface area contributed by atoms with Crippen molar-refractivity contribution >= 4 is 34.6 Å². The molecule has 1 fully saturated rings. The molecule has 35 heavy (non-hydrogen) atoms. The molecule has 0 unspecified atom stereocenters. The number of ether oxygens (including phenoxy) is 3. The van der Waals surface area contributed by atoms with Crippen molar-refractivity contribution < 1.29 is 37.7 Å². The van der Waals surface area contributed by atoms with Gasteiger partial charge in [-0.3, -0.25) is 9.59 Å². The fourth-order valence-corrected chi connectivity index (χ4v) is 4.75. The number of aromatic nitrogens is 3. The molecule has 0 amide bonds. The minimum atomic E-state index is -2.04. The summed E-state index contributed by atoms with van der Waals surface area (Å²) in [7, 11) is 0. The summed E-state index contributed by atoms with van der Waals surface area (Å²) in [5.41, 5.74) is -3.54. The second kappa shape index (κ2) is 8.81. The molecule has 1 aromatic carbocycles. The van der Waals surface area contributed by atoms with Gasteiger partial charge in [-0.15, -0.1) is 0 Å². The quantitative estimate of drug-likeness (QED) is 0.411. The molecule has 3 aromatic rings. The normalized spacial score (nSPS) is 25.9. The molecule has 0 bridgehead atoms. The Kier molecular flexibility index (Phi) is 6.28. The molecule has 1 saturated heterocycles. The van der Waals surface area contributed by atoms with E-state index in [-0.39, 0.29) is 10.7 Å². The van der Waals surface area contributed by atoms with E-state index in [0.29, 0.717) is 11.0 Å². The summed E-state index contributed by atoms with van der Waals surface area (Å²) in [5.74, 6) is -3.75. The Morgan fingerprint density at radius 3 is 2.54 bits per heavy atom. The molecule has 0 spiro atoms. The molecule has 5 atom stereocenters. The standard InChI is InChI=1S/C23H22ClF2N3O6/c1-11(30)33-17-20(29-8-7-14-18(24)27-10-28-19(14)29)34-21(23(17,4)35-12(2)31)22(3,32)13-5-6-15(25)16(26)9-13/h5-10,17,20-21,32H,1-4H3/t17-,20+,21+,22+,23-/m0/s1. The lowest BCUT2D eigenvalue weighted by Crippen LogP contribution is -2.56. The molecule has 1 aliphatic heterocycles. The van der Waals surface area contributed by atoms with Crippen molar-refractivity contribution in [3.8, 4) is 0 Å². The lowest BCUT2D eigenvalue weighted by molar-refractivity contribution is -0.196. The molecule has 0 aliphatic carbocycles. The first kappa shape index (κ1) is 25.0. The van der Waals surface area contributed by atoms with Gasteiger partial charge >= 0.3 is 11.9 Å². The number of esters is 2. The van der Waals surface area contributed by atoms with Gasteiger partial charge in [-0.05, 0) is 37.6 Å². The van der Waals surface area contributed by atoms with Crippen LogP contribution in [0.5, 0.6) is 0 Å². The van der Waals surface area contributed by atoms with Crippen LogP contribution in [0.25, 0.3) is 11.0 Å². The van der Waals surface area contributed by atoms with Crippen molar-refractivity contribution in [1.82, 2.24) is 14.5 Å². The van der Waals surface area contributed by atoms with Gasteiger partial charge in [0, 0.05) is 20.0 Å². The molecule has 0 saturated carbocycles. The second-order valence-electron chi connectivity index (χ2n) is 8.62. The largest absolute Gasteiger partial charge is 0.453 e. The summed E-state index contributed by atoms with van der Waals surface area (Å²) in [4.78, 5) is 32.4. The zero-order valence-corrected chi connectivity index (χ0v) is 19.9. The number of hydrogen-bond acceptors (Lipinski definition) is 8. The van der Waals surface area contributed by atoms with E-state index in [9.17, 15) is 23.5 Å². The summed E-state index contributed by atoms with van der Waals surface area (Å²) in [6.07, 6.45) is -1.05. The third kappa shape index (κ3) is 4.24. The number of carbonyl (C=O) groups excluding carboxylic acids is 2. The van der Waals surface area contributed by atoms with Crippen molar-refractivity contribution in [3.05, 3.63) is 59.1 Å². The highest BCUT2D eigenvalue weighted by Gasteiger charge is 2.64. The summed E-state index contributed by atoms with van der Waals surface area (Å²) in [5, 5.41) is 12.2. The smallest absolute Gasteiger partial charge is 0.303 e. The first-order chi connectivity index (χ1) is 16.4. The Bertz CT molecular complexity index is 1320. The maximum Gasteiger partial charge on any atom is 0.303 e.